The van der Waals surface area contributed by atoms with Crippen LogP contribution in [0.25, 0.3) is 0 Å². The Morgan fingerprint density at radius 3 is 1.80 bits per heavy atom. The van der Waals surface area contributed by atoms with E-state index in [0.29, 0.717) is 13.2 Å². The predicted octanol–water partition coefficient (Wildman–Crippen LogP) is 2.21. The Hall–Kier alpha value is 2.28. The van der Waals surface area contributed by atoms with Crippen molar-refractivity contribution in [2.45, 2.75) is 13.8 Å². The van der Waals surface area contributed by atoms with E-state index in [9.17, 15) is 0 Å². The molecule has 59 valence electrons. The van der Waals surface area contributed by atoms with Crippen LogP contribution in [-0.4, -0.2) is 13.2 Å². The third-order valence-electron chi connectivity index (χ3n) is 0.584. The van der Waals surface area contributed by atoms with Crippen LogP contribution >= 0.6 is 17.9 Å². The van der Waals surface area contributed by atoms with Gasteiger partial charge < -0.3 is 9.05 Å². The Labute approximate surface area is 106 Å². The fraction of sp³-hybridized carbons (Fsp3) is 1.00. The molecule has 0 amide bonds. The van der Waals surface area contributed by atoms with Crippen LogP contribution in [0, 0.1) is 41.3 Å². The van der Waals surface area contributed by atoms with Crippen molar-refractivity contribution in [3.63, 3.8) is 0 Å². The van der Waals surface area contributed by atoms with E-state index in [0.717, 1.165) is 0 Å². The zero-order valence-electron chi connectivity index (χ0n) is 6.11. The first-order valence-corrected chi connectivity index (χ1v) is 6.53. The summed E-state index contributed by atoms with van der Waals surface area (Å²) in [4.78, 5) is 0. The minimum absolute atomic E-state index is 0. The van der Waals surface area contributed by atoms with Gasteiger partial charge in [0.1, 0.15) is 0 Å². The maximum absolute atomic E-state index is 5.04. The number of hydrogen-bond donors (Lipinski definition) is 1. The van der Waals surface area contributed by atoms with Crippen molar-refractivity contribution in [3.8, 4) is 0 Å². The Balaban J connectivity index is 0. The molecule has 0 fully saturated rings. The summed E-state index contributed by atoms with van der Waals surface area (Å²) in [6.07, 6.45) is 0. The fourth-order valence-electron chi connectivity index (χ4n) is 0.364. The first-order valence-electron chi connectivity index (χ1n) is 2.74. The quantitative estimate of drug-likeness (QED) is 0.631. The molecule has 0 atom stereocenters. The van der Waals surface area contributed by atoms with E-state index in [-0.39, 0.29) is 41.3 Å². The van der Waals surface area contributed by atoms with E-state index < -0.39 is 5.69 Å². The minimum atomic E-state index is -2.16. The summed E-state index contributed by atoms with van der Waals surface area (Å²) >= 11 is 8.90. The van der Waals surface area contributed by atoms with Gasteiger partial charge in [-0.2, -0.15) is 0 Å². The number of thiol groups is 1. The van der Waals surface area contributed by atoms with Crippen molar-refractivity contribution in [2.24, 2.45) is 0 Å². The summed E-state index contributed by atoms with van der Waals surface area (Å²) < 4.78 is 10.1. The fourth-order valence-corrected chi connectivity index (χ4v) is 2.42. The number of rotatable bonds is 4. The van der Waals surface area contributed by atoms with Crippen LogP contribution < -0.4 is 0 Å². The molecule has 0 aliphatic rings. The molecule has 1 radical (unpaired) electrons. The summed E-state index contributed by atoms with van der Waals surface area (Å²) in [5.41, 5.74) is -2.16. The van der Waals surface area contributed by atoms with Gasteiger partial charge in [-0.05, 0) is 25.7 Å². The third-order valence-corrected chi connectivity index (χ3v) is 3.08. The molecular weight excluding hydrogens is 316 g/mol. The van der Waals surface area contributed by atoms with Crippen LogP contribution in [0.2, 0.25) is 0 Å². The van der Waals surface area contributed by atoms with Gasteiger partial charge in [0.05, 0.1) is 13.2 Å². The van der Waals surface area contributed by atoms with Gasteiger partial charge in [-0.15, -0.1) is 0 Å². The Morgan fingerprint density at radius 1 is 1.30 bits per heavy atom. The molecule has 2 nitrogen and oxygen atoms in total. The minimum Gasteiger partial charge on any atom is -0.322 e. The van der Waals surface area contributed by atoms with Gasteiger partial charge in [0.25, 0.3) is 0 Å². The SMILES string of the molecule is CCOP(=S)(S)OCC.[Pr]. The van der Waals surface area contributed by atoms with Crippen molar-refractivity contribution in [3.05, 3.63) is 0 Å². The van der Waals surface area contributed by atoms with Crippen LogP contribution in [0.5, 0.6) is 0 Å². The molecule has 0 aromatic heterocycles. The molecule has 0 saturated carbocycles. The maximum atomic E-state index is 5.04. The molecule has 10 heavy (non-hydrogen) atoms. The van der Waals surface area contributed by atoms with Crippen molar-refractivity contribution in [1.29, 1.82) is 0 Å². The van der Waals surface area contributed by atoms with E-state index in [1.54, 1.807) is 0 Å². The molecule has 0 N–H and O–H groups in total. The summed E-state index contributed by atoms with van der Waals surface area (Å²) in [5.74, 6) is 0. The van der Waals surface area contributed by atoms with Gasteiger partial charge in [0, 0.05) is 41.3 Å². The molecule has 0 aliphatic carbocycles. The van der Waals surface area contributed by atoms with Crippen LogP contribution in [0.4, 0.5) is 0 Å². The molecule has 0 bridgehead atoms. The van der Waals surface area contributed by atoms with Crippen molar-refractivity contribution >= 4 is 29.7 Å². The average molecular weight is 327 g/mol. The van der Waals surface area contributed by atoms with Crippen molar-refractivity contribution < 1.29 is 50.3 Å². The maximum Gasteiger partial charge on any atom is 0.244 e. The molecule has 0 aliphatic heterocycles. The van der Waals surface area contributed by atoms with E-state index in [2.05, 4.69) is 12.2 Å². The third kappa shape index (κ3) is 8.38. The van der Waals surface area contributed by atoms with E-state index in [1.165, 1.54) is 0 Å². The topological polar surface area (TPSA) is 18.5 Å². The summed E-state index contributed by atoms with van der Waals surface area (Å²) in [6, 6.07) is 0. The first-order chi connectivity index (χ1) is 4.12. The molecule has 0 unspecified atom stereocenters. The second-order valence-electron chi connectivity index (χ2n) is 1.30. The van der Waals surface area contributed by atoms with E-state index in [4.69, 9.17) is 20.9 Å². The van der Waals surface area contributed by atoms with Crippen LogP contribution in [0.1, 0.15) is 13.8 Å². The Bertz CT molecular complexity index is 112. The van der Waals surface area contributed by atoms with E-state index in [1.807, 2.05) is 13.8 Å². The molecule has 0 heterocycles. The van der Waals surface area contributed by atoms with Crippen LogP contribution in [0.15, 0.2) is 0 Å². The molecule has 0 aromatic rings. The molecule has 0 aromatic carbocycles. The van der Waals surface area contributed by atoms with Crippen molar-refractivity contribution in [1.82, 2.24) is 0 Å². The zero-order chi connectivity index (χ0) is 7.33. The predicted molar refractivity (Wildman–Crippen MR) is 46.5 cm³/mol. The molecule has 6 heteroatoms. The summed E-state index contributed by atoms with van der Waals surface area (Å²) in [7, 11) is 0. The van der Waals surface area contributed by atoms with Crippen LogP contribution in [-0.2, 0) is 20.9 Å². The van der Waals surface area contributed by atoms with Gasteiger partial charge in [0.15, 0.2) is 0 Å². The van der Waals surface area contributed by atoms with Gasteiger partial charge >= 0.3 is 0 Å². The van der Waals surface area contributed by atoms with Gasteiger partial charge in [-0.1, -0.05) is 12.2 Å². The van der Waals surface area contributed by atoms with E-state index >= 15 is 0 Å². The van der Waals surface area contributed by atoms with Crippen LogP contribution in [0.3, 0.4) is 0 Å². The molecular formula is C4H11O2PPrS2. The van der Waals surface area contributed by atoms with Gasteiger partial charge in [0.2, 0.25) is 5.69 Å². The normalized spacial score (nSPS) is 10.7. The smallest absolute Gasteiger partial charge is 0.244 e. The Kier molecular flexibility index (Phi) is 11.7. The molecule has 0 spiro atoms. The second kappa shape index (κ2) is 7.91. The molecule has 0 saturated heterocycles. The average Bonchev–Trinajstić information content (AvgIpc) is 1.64. The largest absolute Gasteiger partial charge is 0.322 e. The monoisotopic (exact) mass is 327 g/mol. The zero-order valence-corrected chi connectivity index (χ0v) is 12.4. The first kappa shape index (κ1) is 14.8. The Morgan fingerprint density at radius 2 is 1.60 bits per heavy atom. The molecule has 0 rings (SSSR count). The van der Waals surface area contributed by atoms with Gasteiger partial charge in [-0.25, -0.2) is 0 Å². The van der Waals surface area contributed by atoms with Crippen molar-refractivity contribution in [2.75, 3.05) is 13.2 Å². The second-order valence-corrected chi connectivity index (χ2v) is 6.59. The standard InChI is InChI=1S/C4H11O2PS2.Pr/c1-3-5-7(8,9)6-4-2;/h3-4H2,1-2H3,(H,8,9);. The van der Waals surface area contributed by atoms with Gasteiger partial charge in [-0.3, -0.25) is 0 Å². The summed E-state index contributed by atoms with van der Waals surface area (Å²) in [5, 5.41) is 0. The summed E-state index contributed by atoms with van der Waals surface area (Å²) in [6.45, 7) is 4.88. The number of hydrogen-bond acceptors (Lipinski definition) is 3.